The van der Waals surface area contributed by atoms with Crippen LogP contribution < -0.4 is 5.32 Å². The number of hydrogen-bond donors (Lipinski definition) is 3. The fourth-order valence-corrected chi connectivity index (χ4v) is 11.2. The minimum atomic E-state index is -3.42. The van der Waals surface area contributed by atoms with Gasteiger partial charge in [-0.25, -0.2) is 18.4 Å². The van der Waals surface area contributed by atoms with Gasteiger partial charge in [0.25, 0.3) is 12.3 Å². The van der Waals surface area contributed by atoms with Crippen molar-refractivity contribution in [3.05, 3.63) is 82.9 Å². The van der Waals surface area contributed by atoms with Crippen LogP contribution in [0.1, 0.15) is 87.9 Å². The average molecular weight is 867 g/mol. The van der Waals surface area contributed by atoms with Crippen molar-refractivity contribution in [3.63, 3.8) is 0 Å². The maximum atomic E-state index is 14.8. The Kier molecular flexibility index (Phi) is 11.5. The monoisotopic (exact) mass is 866 g/mol. The molecule has 336 valence electrons. The van der Waals surface area contributed by atoms with E-state index >= 15 is 0 Å². The summed E-state index contributed by atoms with van der Waals surface area (Å²) < 4.78 is 68.5. The number of ether oxygens (including phenoxy) is 6. The highest BCUT2D eigenvalue weighted by Gasteiger charge is 2.77. The summed E-state index contributed by atoms with van der Waals surface area (Å²) in [5.74, 6) is -4.84. The fourth-order valence-electron chi connectivity index (χ4n) is 11.2. The number of nitrogens with one attached hydrogen (secondary N) is 1. The predicted octanol–water partition coefficient (Wildman–Crippen LogP) is 4.36. The normalized spacial score (nSPS) is 36.1. The number of nitrogens with zero attached hydrogens (tertiary/aromatic N) is 1. The third kappa shape index (κ3) is 7.14. The van der Waals surface area contributed by atoms with Crippen LogP contribution in [0.3, 0.4) is 0 Å². The molecular weight excluding hydrogens is 811 g/mol. The third-order valence-corrected chi connectivity index (χ3v) is 14.8. The lowest BCUT2D eigenvalue weighted by molar-refractivity contribution is -0.345. The van der Waals surface area contributed by atoms with E-state index in [0.29, 0.717) is 30.5 Å². The molecular formula is C46H56F2N2O12. The largest absolute Gasteiger partial charge is 0.456 e. The first-order valence-electron chi connectivity index (χ1n) is 21.4. The summed E-state index contributed by atoms with van der Waals surface area (Å²) in [4.78, 5) is 57.0. The number of halogens is 2. The van der Waals surface area contributed by atoms with Crippen LogP contribution in [-0.4, -0.2) is 131 Å². The molecule has 0 aromatic heterocycles. The van der Waals surface area contributed by atoms with Gasteiger partial charge >= 0.3 is 17.9 Å². The Bertz CT molecular complexity index is 2100. The van der Waals surface area contributed by atoms with Crippen molar-refractivity contribution in [2.75, 3.05) is 26.2 Å². The molecule has 0 radical (unpaired) electrons. The highest BCUT2D eigenvalue weighted by Crippen LogP contribution is 2.66. The number of benzene rings is 2. The van der Waals surface area contributed by atoms with Crippen molar-refractivity contribution in [3.8, 4) is 0 Å². The summed E-state index contributed by atoms with van der Waals surface area (Å²) >= 11 is 0. The number of alkyl halides is 2. The molecule has 0 unspecified atom stereocenters. The fraction of sp³-hybridized carbons (Fsp3) is 0.609. The first-order chi connectivity index (χ1) is 29.2. The molecule has 2 saturated carbocycles. The third-order valence-electron chi connectivity index (χ3n) is 14.8. The van der Waals surface area contributed by atoms with Gasteiger partial charge in [0.2, 0.25) is 0 Å². The lowest BCUT2D eigenvalue weighted by Gasteiger charge is -2.68. The van der Waals surface area contributed by atoms with Crippen molar-refractivity contribution in [2.24, 2.45) is 16.7 Å². The quantitative estimate of drug-likeness (QED) is 0.165. The number of fused-ring (bicyclic) bond motifs is 8. The van der Waals surface area contributed by atoms with Crippen molar-refractivity contribution in [1.29, 1.82) is 0 Å². The molecule has 2 bridgehead atoms. The molecule has 3 aliphatic heterocycles. The van der Waals surface area contributed by atoms with Crippen LogP contribution in [0.2, 0.25) is 0 Å². The SMILES string of the molecule is CC(=O)O[C@@]12CO[C@@H]1CC[C@@]1(C)[C@@H]3O[C@H](CN4CCC4)O[C@@H]3C3=C(C)[C@@H](OC(=O)[C@](C)(O)[C@@H](NC(=O)c4ccccc4)C(F)F)C[C@@](O)([C@@H](OC(=O)c4ccccc4)[C@@H]12)C3(C)C. The molecule has 16 heteroatoms. The Hall–Kier alpha value is -4.32. The molecule has 8 rings (SSSR count). The Morgan fingerprint density at radius 2 is 1.63 bits per heavy atom. The summed E-state index contributed by atoms with van der Waals surface area (Å²) in [5.41, 5.74) is -7.86. The van der Waals surface area contributed by atoms with E-state index in [1.807, 2.05) is 6.92 Å². The number of likely N-dealkylation sites (tertiary alicyclic amines) is 1. The van der Waals surface area contributed by atoms with E-state index in [2.05, 4.69) is 10.2 Å². The molecule has 0 spiro atoms. The standard InChI is InChI=1S/C46H56F2N2O12/c1-25-29(58-41(54)44(6,55)35(38(47)48)49-39(52)27-14-9-7-10-15-27)22-46(56)37(61-40(53)28-16-11-8-12-17-28)34-43(5,19-18-30-45(34,24-57-30)62-26(2)51)36-33(32(25)42(46,3)4)59-31(60-36)23-50-20-13-21-50/h7-12,14-17,29-31,33-38,55-56H,13,18-24H2,1-6H3,(H,49,52)/t29-,30+,31+,33+,34-,35-,36+,37-,43+,44+,45-,46+/m0/s1. The number of aliphatic hydroxyl groups is 2. The molecule has 3 N–H and O–H groups in total. The topological polar surface area (TPSA) is 179 Å². The Morgan fingerprint density at radius 3 is 2.19 bits per heavy atom. The van der Waals surface area contributed by atoms with Crippen molar-refractivity contribution < 1.29 is 66.6 Å². The molecule has 2 aromatic carbocycles. The van der Waals surface area contributed by atoms with E-state index in [-0.39, 0.29) is 17.7 Å². The second-order valence-electron chi connectivity index (χ2n) is 18.8. The van der Waals surface area contributed by atoms with Gasteiger partial charge in [0.1, 0.15) is 36.1 Å². The molecule has 3 saturated heterocycles. The van der Waals surface area contributed by atoms with Crippen molar-refractivity contribution in [2.45, 2.75) is 133 Å². The minimum absolute atomic E-state index is 0.0250. The first kappa shape index (κ1) is 44.3. The number of carbonyl (C=O) groups excluding carboxylic acids is 4. The molecule has 12 atom stereocenters. The van der Waals surface area contributed by atoms with Gasteiger partial charge in [0.15, 0.2) is 17.5 Å². The number of hydrogen-bond acceptors (Lipinski definition) is 13. The van der Waals surface area contributed by atoms with Gasteiger partial charge in [0, 0.05) is 36.3 Å². The molecule has 62 heavy (non-hydrogen) atoms. The lowest BCUT2D eigenvalue weighted by atomic mass is 9.45. The van der Waals surface area contributed by atoms with E-state index in [0.717, 1.165) is 26.4 Å². The predicted molar refractivity (Wildman–Crippen MR) is 216 cm³/mol. The highest BCUT2D eigenvalue weighted by molar-refractivity contribution is 5.95. The van der Waals surface area contributed by atoms with Gasteiger partial charge in [-0.3, -0.25) is 14.5 Å². The van der Waals surface area contributed by atoms with E-state index in [1.54, 1.807) is 57.2 Å². The van der Waals surface area contributed by atoms with Gasteiger partial charge in [-0.2, -0.15) is 0 Å². The smallest absolute Gasteiger partial charge is 0.340 e. The van der Waals surface area contributed by atoms with E-state index in [4.69, 9.17) is 28.4 Å². The number of carbonyl (C=O) groups is 4. The Balaban J connectivity index is 1.26. The van der Waals surface area contributed by atoms with Gasteiger partial charge in [-0.1, -0.05) is 57.2 Å². The van der Waals surface area contributed by atoms with Crippen molar-refractivity contribution >= 4 is 23.8 Å². The number of esters is 3. The molecule has 2 aromatic rings. The van der Waals surface area contributed by atoms with Gasteiger partial charge < -0.3 is 44.0 Å². The lowest BCUT2D eigenvalue weighted by Crippen LogP contribution is -2.79. The van der Waals surface area contributed by atoms with Crippen LogP contribution in [0.15, 0.2) is 71.8 Å². The second kappa shape index (κ2) is 16.0. The van der Waals surface area contributed by atoms with E-state index in [9.17, 15) is 38.2 Å². The second-order valence-corrected chi connectivity index (χ2v) is 18.8. The van der Waals surface area contributed by atoms with Crippen LogP contribution in [0.4, 0.5) is 8.78 Å². The summed E-state index contributed by atoms with van der Waals surface area (Å²) in [6.45, 7) is 11.4. The van der Waals surface area contributed by atoms with Crippen molar-refractivity contribution in [1.82, 2.24) is 10.2 Å². The summed E-state index contributed by atoms with van der Waals surface area (Å²) in [5, 5.41) is 27.6. The zero-order valence-corrected chi connectivity index (χ0v) is 35.8. The summed E-state index contributed by atoms with van der Waals surface area (Å²) in [6.07, 6.45) is -7.98. The van der Waals surface area contributed by atoms with Gasteiger partial charge in [0.05, 0.1) is 24.2 Å². The Morgan fingerprint density at radius 1 is 0.984 bits per heavy atom. The first-order valence-corrected chi connectivity index (χ1v) is 21.4. The molecule has 1 amide bonds. The van der Waals surface area contributed by atoms with Crippen LogP contribution in [0, 0.1) is 16.7 Å². The zero-order valence-electron chi connectivity index (χ0n) is 35.8. The number of amides is 1. The van der Waals surface area contributed by atoms with Gasteiger partial charge in [-0.15, -0.1) is 0 Å². The summed E-state index contributed by atoms with van der Waals surface area (Å²) in [7, 11) is 0. The molecule has 6 aliphatic rings. The summed E-state index contributed by atoms with van der Waals surface area (Å²) in [6, 6.07) is 13.3. The maximum Gasteiger partial charge on any atom is 0.340 e. The molecule has 5 fully saturated rings. The average Bonchev–Trinajstić information content (AvgIpc) is 3.62. The van der Waals surface area contributed by atoms with Crippen LogP contribution in [-0.2, 0) is 38.0 Å². The molecule has 3 aliphatic carbocycles. The van der Waals surface area contributed by atoms with E-state index in [1.165, 1.54) is 31.2 Å². The molecule has 14 nitrogen and oxygen atoms in total. The van der Waals surface area contributed by atoms with Crippen LogP contribution in [0.5, 0.6) is 0 Å². The minimum Gasteiger partial charge on any atom is -0.456 e. The van der Waals surface area contributed by atoms with E-state index < -0.39 is 113 Å². The van der Waals surface area contributed by atoms with Gasteiger partial charge in [-0.05, 0) is 81.6 Å². The zero-order chi connectivity index (χ0) is 44.6. The number of rotatable bonds is 11. The molecule has 3 heterocycles. The van der Waals surface area contributed by atoms with Crippen LogP contribution >= 0.6 is 0 Å². The highest BCUT2D eigenvalue weighted by atomic mass is 19.3. The Labute approximate surface area is 359 Å². The van der Waals surface area contributed by atoms with Crippen LogP contribution in [0.25, 0.3) is 0 Å². The maximum absolute atomic E-state index is 14.8.